The highest BCUT2D eigenvalue weighted by Gasteiger charge is 2.16. The molecule has 8 nitrogen and oxygen atoms in total. The van der Waals surface area contributed by atoms with Crippen LogP contribution in [0.5, 0.6) is 0 Å². The van der Waals surface area contributed by atoms with Crippen molar-refractivity contribution in [1.82, 2.24) is 20.2 Å². The topological polar surface area (TPSA) is 107 Å². The molecule has 1 heterocycles. The molecule has 1 aromatic heterocycles. The van der Waals surface area contributed by atoms with Gasteiger partial charge in [0.15, 0.2) is 11.6 Å². The molecule has 0 aliphatic carbocycles. The molecule has 0 aliphatic rings. The van der Waals surface area contributed by atoms with Gasteiger partial charge in [-0.2, -0.15) is 4.80 Å². The summed E-state index contributed by atoms with van der Waals surface area (Å²) in [5.41, 5.74) is 0.628. The van der Waals surface area contributed by atoms with E-state index in [1.807, 2.05) is 0 Å². The summed E-state index contributed by atoms with van der Waals surface area (Å²) in [5, 5.41) is 20.5. The minimum absolute atomic E-state index is 0.256. The zero-order valence-corrected chi connectivity index (χ0v) is 15.3. The van der Waals surface area contributed by atoms with Crippen LogP contribution in [0.2, 0.25) is 0 Å². The minimum Gasteiger partial charge on any atom is -0.465 e. The molecule has 0 fully saturated rings. The summed E-state index contributed by atoms with van der Waals surface area (Å²) in [6, 6.07) is 8.35. The van der Waals surface area contributed by atoms with Crippen molar-refractivity contribution in [1.29, 1.82) is 0 Å². The molecule has 0 saturated carbocycles. The third kappa shape index (κ3) is 4.66. The fourth-order valence-electron chi connectivity index (χ4n) is 2.62. The highest BCUT2D eigenvalue weighted by Crippen LogP contribution is 2.17. The molecule has 0 atom stereocenters. The predicted octanol–water partition coefficient (Wildman–Crippen LogP) is 1.55. The number of hydrogen-bond acceptors (Lipinski definition) is 7. The lowest BCUT2D eigenvalue weighted by Gasteiger charge is -2.06. The second kappa shape index (κ2) is 8.65. The van der Waals surface area contributed by atoms with Crippen molar-refractivity contribution >= 4 is 11.8 Å². The average Bonchev–Trinajstić information content (AvgIpc) is 3.16. The molecule has 3 rings (SSSR count). The van der Waals surface area contributed by atoms with Crippen LogP contribution >= 0.6 is 0 Å². The summed E-state index contributed by atoms with van der Waals surface area (Å²) in [4.78, 5) is 23.9. The molecule has 3 aromatic rings. The summed E-state index contributed by atoms with van der Waals surface area (Å²) in [6.07, 6.45) is 0.302. The van der Waals surface area contributed by atoms with Crippen LogP contribution in [0.15, 0.2) is 36.4 Å². The van der Waals surface area contributed by atoms with Gasteiger partial charge in [-0.05, 0) is 35.0 Å². The van der Waals surface area contributed by atoms with E-state index in [2.05, 4.69) is 20.1 Å². The molecule has 10 heteroatoms. The molecule has 29 heavy (non-hydrogen) atoms. The van der Waals surface area contributed by atoms with Gasteiger partial charge in [0.2, 0.25) is 0 Å². The smallest absolute Gasteiger partial charge is 0.337 e. The molecule has 150 valence electrons. The molecule has 0 aliphatic heterocycles. The number of esters is 1. The zero-order valence-electron chi connectivity index (χ0n) is 15.3. The number of methoxy groups -OCH3 is 1. The van der Waals surface area contributed by atoms with Crippen molar-refractivity contribution in [2.75, 3.05) is 13.7 Å². The molecular formula is C19H16F2N4O4. The minimum atomic E-state index is -0.945. The highest BCUT2D eigenvalue weighted by molar-refractivity contribution is 5.97. The molecule has 2 aromatic carbocycles. The maximum Gasteiger partial charge on any atom is 0.337 e. The van der Waals surface area contributed by atoms with E-state index >= 15 is 0 Å². The number of nitrogens with zero attached hydrogens (tertiary/aromatic N) is 4. The van der Waals surface area contributed by atoms with E-state index in [0.717, 1.165) is 22.5 Å². The molecule has 0 saturated heterocycles. The van der Waals surface area contributed by atoms with Crippen LogP contribution in [-0.2, 0) is 17.7 Å². The molecule has 0 radical (unpaired) electrons. The second-order valence-corrected chi connectivity index (χ2v) is 6.10. The summed E-state index contributed by atoms with van der Waals surface area (Å²) in [5.74, 6) is -2.80. The zero-order chi connectivity index (χ0) is 21.0. The van der Waals surface area contributed by atoms with Gasteiger partial charge in [-0.3, -0.25) is 4.79 Å². The normalized spacial score (nSPS) is 10.8. The van der Waals surface area contributed by atoms with Gasteiger partial charge in [-0.15, -0.1) is 10.2 Å². The second-order valence-electron chi connectivity index (χ2n) is 6.10. The van der Waals surface area contributed by atoms with E-state index in [9.17, 15) is 18.4 Å². The van der Waals surface area contributed by atoms with Gasteiger partial charge < -0.3 is 9.84 Å². The Morgan fingerprint density at radius 3 is 2.34 bits per heavy atom. The lowest BCUT2D eigenvalue weighted by atomic mass is 10.1. The Morgan fingerprint density at radius 1 is 1.10 bits per heavy atom. The van der Waals surface area contributed by atoms with Crippen molar-refractivity contribution in [2.24, 2.45) is 0 Å². The largest absolute Gasteiger partial charge is 0.465 e. The number of ether oxygens (including phenoxy) is 1. The first-order chi connectivity index (χ1) is 13.9. The van der Waals surface area contributed by atoms with Gasteiger partial charge in [0.25, 0.3) is 0 Å². The van der Waals surface area contributed by atoms with Crippen molar-refractivity contribution in [3.8, 4) is 0 Å². The maximum atomic E-state index is 14.2. The number of aromatic nitrogens is 4. The number of benzene rings is 2. The van der Waals surface area contributed by atoms with E-state index in [1.54, 1.807) is 24.3 Å². The third-order valence-corrected chi connectivity index (χ3v) is 4.14. The Balaban J connectivity index is 1.72. The number of carbonyl (C=O) groups is 2. The molecular weight excluding hydrogens is 386 g/mol. The van der Waals surface area contributed by atoms with E-state index < -0.39 is 30.0 Å². The van der Waals surface area contributed by atoms with E-state index in [4.69, 9.17) is 5.11 Å². The van der Waals surface area contributed by atoms with Gasteiger partial charge >= 0.3 is 5.97 Å². The fraction of sp³-hybridized carbons (Fsp3) is 0.211. The molecule has 0 amide bonds. The highest BCUT2D eigenvalue weighted by atomic mass is 19.1. The lowest BCUT2D eigenvalue weighted by Crippen LogP contribution is -2.11. The van der Waals surface area contributed by atoms with Crippen LogP contribution in [0.1, 0.15) is 37.7 Å². The van der Waals surface area contributed by atoms with E-state index in [-0.39, 0.29) is 17.7 Å². The SMILES string of the molecule is COC(=O)c1ccc(Cc2nnn(Cc3c(F)cc(C(=O)CO)cc3F)n2)cc1. The van der Waals surface area contributed by atoms with Gasteiger partial charge in [0, 0.05) is 17.5 Å². The third-order valence-electron chi connectivity index (χ3n) is 4.14. The van der Waals surface area contributed by atoms with Crippen LogP contribution < -0.4 is 0 Å². The molecule has 0 spiro atoms. The van der Waals surface area contributed by atoms with Gasteiger partial charge in [0.05, 0.1) is 19.2 Å². The van der Waals surface area contributed by atoms with Gasteiger partial charge in [-0.1, -0.05) is 12.1 Å². The molecule has 1 N–H and O–H groups in total. The lowest BCUT2D eigenvalue weighted by molar-refractivity contribution is 0.0600. The molecule has 0 unspecified atom stereocenters. The van der Waals surface area contributed by atoms with Crippen LogP contribution in [0.25, 0.3) is 0 Å². The van der Waals surface area contributed by atoms with Crippen LogP contribution in [-0.4, -0.2) is 50.8 Å². The number of carbonyl (C=O) groups excluding carboxylic acids is 2. The quantitative estimate of drug-likeness (QED) is 0.472. The first kappa shape index (κ1) is 20.2. The van der Waals surface area contributed by atoms with Crippen LogP contribution in [0.4, 0.5) is 8.78 Å². The number of Topliss-reactive ketones (excluding diaryl/α,β-unsaturated/α-hetero) is 1. The van der Waals surface area contributed by atoms with Crippen molar-refractivity contribution in [3.63, 3.8) is 0 Å². The van der Waals surface area contributed by atoms with E-state index in [0.29, 0.717) is 17.8 Å². The van der Waals surface area contributed by atoms with Crippen LogP contribution in [0, 0.1) is 11.6 Å². The Morgan fingerprint density at radius 2 is 1.76 bits per heavy atom. The average molecular weight is 402 g/mol. The Bertz CT molecular complexity index is 1030. The number of aliphatic hydroxyl groups excluding tert-OH is 1. The number of hydrogen-bond donors (Lipinski definition) is 1. The Hall–Kier alpha value is -3.53. The summed E-state index contributed by atoms with van der Waals surface area (Å²) >= 11 is 0. The number of tetrazole rings is 1. The summed E-state index contributed by atoms with van der Waals surface area (Å²) in [7, 11) is 1.29. The number of aliphatic hydroxyl groups is 1. The summed E-state index contributed by atoms with van der Waals surface area (Å²) < 4.78 is 33.0. The van der Waals surface area contributed by atoms with Crippen LogP contribution in [0.3, 0.4) is 0 Å². The molecule has 0 bridgehead atoms. The fourth-order valence-corrected chi connectivity index (χ4v) is 2.62. The predicted molar refractivity (Wildman–Crippen MR) is 95.3 cm³/mol. The van der Waals surface area contributed by atoms with Gasteiger partial charge in [-0.25, -0.2) is 13.6 Å². The van der Waals surface area contributed by atoms with Crippen molar-refractivity contribution in [3.05, 3.63) is 76.1 Å². The Kier molecular flexibility index (Phi) is 6.03. The first-order valence-electron chi connectivity index (χ1n) is 8.47. The summed E-state index contributed by atoms with van der Waals surface area (Å²) in [6.45, 7) is -1.16. The number of ketones is 1. The first-order valence-corrected chi connectivity index (χ1v) is 8.47. The van der Waals surface area contributed by atoms with Crippen molar-refractivity contribution in [2.45, 2.75) is 13.0 Å². The maximum absolute atomic E-state index is 14.2. The van der Waals surface area contributed by atoms with E-state index in [1.165, 1.54) is 7.11 Å². The monoisotopic (exact) mass is 402 g/mol. The Labute approximate surface area is 163 Å². The number of rotatable bonds is 7. The number of halogens is 2. The van der Waals surface area contributed by atoms with Crippen molar-refractivity contribution < 1.29 is 28.2 Å². The van der Waals surface area contributed by atoms with Gasteiger partial charge in [0.1, 0.15) is 18.2 Å². The standard InChI is InChI=1S/C19H16F2N4O4/c1-29-19(28)12-4-2-11(3-5-12)6-18-22-24-25(23-18)9-14-15(20)7-13(8-16(14)21)17(27)10-26/h2-5,7-8,26H,6,9-10H2,1H3.